The van der Waals surface area contributed by atoms with E-state index in [4.69, 9.17) is 0 Å². The van der Waals surface area contributed by atoms with Gasteiger partial charge < -0.3 is 10.2 Å². The molecule has 1 N–H and O–H groups in total. The first kappa shape index (κ1) is 13.2. The third-order valence-corrected chi connectivity index (χ3v) is 2.72. The fourth-order valence-electron chi connectivity index (χ4n) is 1.86. The lowest BCUT2D eigenvalue weighted by atomic mass is 10.3. The number of rotatable bonds is 4. The second-order valence-corrected chi connectivity index (χ2v) is 4.59. The summed E-state index contributed by atoms with van der Waals surface area (Å²) in [7, 11) is 1.84. The van der Waals surface area contributed by atoms with E-state index in [1.807, 2.05) is 14.0 Å². The molecule has 0 aromatic heterocycles. The molecule has 0 atom stereocenters. The summed E-state index contributed by atoms with van der Waals surface area (Å²) in [6, 6.07) is 0. The molecule has 0 radical (unpaired) electrons. The lowest BCUT2D eigenvalue weighted by molar-refractivity contribution is -0.130. The quantitative estimate of drug-likeness (QED) is 0.700. The van der Waals surface area contributed by atoms with Crippen LogP contribution in [0.1, 0.15) is 13.3 Å². The van der Waals surface area contributed by atoms with Crippen molar-refractivity contribution >= 4 is 5.91 Å². The zero-order valence-electron chi connectivity index (χ0n) is 10.5. The van der Waals surface area contributed by atoms with E-state index in [1.54, 1.807) is 4.90 Å². The van der Waals surface area contributed by atoms with Gasteiger partial charge in [-0.15, -0.1) is 0 Å². The van der Waals surface area contributed by atoms with Crippen LogP contribution in [0.25, 0.3) is 0 Å². The second-order valence-electron chi connectivity index (χ2n) is 4.59. The van der Waals surface area contributed by atoms with Crippen molar-refractivity contribution in [1.82, 2.24) is 15.1 Å². The minimum absolute atomic E-state index is 0.185. The standard InChI is InChI=1S/C12H23N3O/c1-11(2)9-14(3)12(16)10-15-7-4-5-13-6-8-15/h13H,1,4-10H2,2-3H3. The van der Waals surface area contributed by atoms with Gasteiger partial charge in [0.15, 0.2) is 0 Å². The molecule has 4 heteroatoms. The summed E-state index contributed by atoms with van der Waals surface area (Å²) in [5.41, 5.74) is 1.02. The highest BCUT2D eigenvalue weighted by Crippen LogP contribution is 1.99. The Labute approximate surface area is 98.3 Å². The fourth-order valence-corrected chi connectivity index (χ4v) is 1.86. The number of likely N-dealkylation sites (N-methyl/N-ethyl adjacent to an activating group) is 1. The van der Waals surface area contributed by atoms with E-state index in [-0.39, 0.29) is 5.91 Å². The van der Waals surface area contributed by atoms with Gasteiger partial charge in [0.25, 0.3) is 0 Å². The number of nitrogens with zero attached hydrogens (tertiary/aromatic N) is 2. The molecule has 1 aliphatic rings. The Balaban J connectivity index is 2.34. The molecule has 16 heavy (non-hydrogen) atoms. The Morgan fingerprint density at radius 1 is 1.44 bits per heavy atom. The van der Waals surface area contributed by atoms with Gasteiger partial charge in [-0.25, -0.2) is 0 Å². The minimum atomic E-state index is 0.185. The lowest BCUT2D eigenvalue weighted by Crippen LogP contribution is -2.40. The fraction of sp³-hybridized carbons (Fsp3) is 0.750. The molecule has 0 unspecified atom stereocenters. The van der Waals surface area contributed by atoms with Gasteiger partial charge in [0.05, 0.1) is 6.54 Å². The summed E-state index contributed by atoms with van der Waals surface area (Å²) >= 11 is 0. The van der Waals surface area contributed by atoms with Crippen molar-refractivity contribution in [3.05, 3.63) is 12.2 Å². The van der Waals surface area contributed by atoms with Crippen molar-refractivity contribution in [3.8, 4) is 0 Å². The Bertz CT molecular complexity index is 245. The van der Waals surface area contributed by atoms with Crippen LogP contribution in [-0.4, -0.2) is 62.0 Å². The summed E-state index contributed by atoms with van der Waals surface area (Å²) in [5.74, 6) is 0.185. The van der Waals surface area contributed by atoms with Crippen LogP contribution in [0.3, 0.4) is 0 Å². The molecule has 92 valence electrons. The maximum atomic E-state index is 11.9. The lowest BCUT2D eigenvalue weighted by Gasteiger charge is -2.23. The zero-order valence-corrected chi connectivity index (χ0v) is 10.5. The van der Waals surface area contributed by atoms with Gasteiger partial charge in [-0.05, 0) is 26.4 Å². The summed E-state index contributed by atoms with van der Waals surface area (Å²) in [6.45, 7) is 11.0. The van der Waals surface area contributed by atoms with Gasteiger partial charge in [-0.1, -0.05) is 12.2 Å². The predicted octanol–water partition coefficient (Wildman–Crippen LogP) is 0.316. The molecule has 0 aromatic rings. The number of hydrogen-bond acceptors (Lipinski definition) is 3. The molecule has 0 saturated carbocycles. The van der Waals surface area contributed by atoms with Crippen molar-refractivity contribution in [1.29, 1.82) is 0 Å². The van der Waals surface area contributed by atoms with E-state index in [1.165, 1.54) is 0 Å². The highest BCUT2D eigenvalue weighted by Gasteiger charge is 2.15. The molecule has 1 aliphatic heterocycles. The Hall–Kier alpha value is -0.870. The van der Waals surface area contributed by atoms with Crippen molar-refractivity contribution < 1.29 is 4.79 Å². The normalized spacial score (nSPS) is 17.9. The summed E-state index contributed by atoms with van der Waals surface area (Å²) in [5, 5.41) is 3.33. The van der Waals surface area contributed by atoms with E-state index in [2.05, 4.69) is 16.8 Å². The highest BCUT2D eigenvalue weighted by atomic mass is 16.2. The van der Waals surface area contributed by atoms with Crippen LogP contribution in [-0.2, 0) is 4.79 Å². The molecular weight excluding hydrogens is 202 g/mol. The maximum Gasteiger partial charge on any atom is 0.236 e. The molecule has 1 amide bonds. The average molecular weight is 225 g/mol. The Kier molecular flexibility index (Phi) is 5.49. The van der Waals surface area contributed by atoms with Crippen LogP contribution in [0.2, 0.25) is 0 Å². The molecule has 0 aliphatic carbocycles. The summed E-state index contributed by atoms with van der Waals surface area (Å²) in [4.78, 5) is 15.9. The first-order valence-corrected chi connectivity index (χ1v) is 5.91. The van der Waals surface area contributed by atoms with Crippen LogP contribution in [0, 0.1) is 0 Å². The van der Waals surface area contributed by atoms with E-state index >= 15 is 0 Å². The van der Waals surface area contributed by atoms with Gasteiger partial charge >= 0.3 is 0 Å². The Morgan fingerprint density at radius 3 is 2.88 bits per heavy atom. The maximum absolute atomic E-state index is 11.9. The van der Waals surface area contributed by atoms with Crippen molar-refractivity contribution in [2.24, 2.45) is 0 Å². The number of nitrogens with one attached hydrogen (secondary N) is 1. The van der Waals surface area contributed by atoms with Crippen LogP contribution in [0.15, 0.2) is 12.2 Å². The van der Waals surface area contributed by atoms with E-state index in [9.17, 15) is 4.79 Å². The summed E-state index contributed by atoms with van der Waals surface area (Å²) in [6.07, 6.45) is 1.12. The van der Waals surface area contributed by atoms with Crippen LogP contribution < -0.4 is 5.32 Å². The van der Waals surface area contributed by atoms with Gasteiger partial charge in [0, 0.05) is 26.7 Å². The van der Waals surface area contributed by atoms with Crippen LogP contribution in [0.5, 0.6) is 0 Å². The molecule has 0 bridgehead atoms. The largest absolute Gasteiger partial charge is 0.341 e. The molecule has 1 saturated heterocycles. The predicted molar refractivity (Wildman–Crippen MR) is 66.4 cm³/mol. The molecular formula is C12H23N3O. The van der Waals surface area contributed by atoms with Crippen LogP contribution in [0.4, 0.5) is 0 Å². The smallest absolute Gasteiger partial charge is 0.236 e. The molecule has 1 rings (SSSR count). The SMILES string of the molecule is C=C(C)CN(C)C(=O)CN1CCCNCC1. The summed E-state index contributed by atoms with van der Waals surface area (Å²) < 4.78 is 0. The number of carbonyl (C=O) groups is 1. The van der Waals surface area contributed by atoms with Crippen molar-refractivity contribution in [2.75, 3.05) is 46.3 Å². The number of hydrogen-bond donors (Lipinski definition) is 1. The van der Waals surface area contributed by atoms with Crippen molar-refractivity contribution in [3.63, 3.8) is 0 Å². The van der Waals surface area contributed by atoms with Crippen molar-refractivity contribution in [2.45, 2.75) is 13.3 Å². The first-order valence-electron chi connectivity index (χ1n) is 5.91. The zero-order chi connectivity index (χ0) is 12.0. The third kappa shape index (κ3) is 4.77. The minimum Gasteiger partial charge on any atom is -0.341 e. The number of amides is 1. The monoisotopic (exact) mass is 225 g/mol. The van der Waals surface area contributed by atoms with Gasteiger partial charge in [0.2, 0.25) is 5.91 Å². The molecule has 4 nitrogen and oxygen atoms in total. The molecule has 0 spiro atoms. The topological polar surface area (TPSA) is 35.6 Å². The Morgan fingerprint density at radius 2 is 2.19 bits per heavy atom. The molecule has 1 heterocycles. The highest BCUT2D eigenvalue weighted by molar-refractivity contribution is 5.78. The van der Waals surface area contributed by atoms with Gasteiger partial charge in [-0.2, -0.15) is 0 Å². The first-order chi connectivity index (χ1) is 7.59. The van der Waals surface area contributed by atoms with E-state index < -0.39 is 0 Å². The molecule has 1 fully saturated rings. The van der Waals surface area contributed by atoms with E-state index in [0.29, 0.717) is 13.1 Å². The average Bonchev–Trinajstić information content (AvgIpc) is 2.45. The van der Waals surface area contributed by atoms with E-state index in [0.717, 1.165) is 38.2 Å². The number of carbonyl (C=O) groups excluding carboxylic acids is 1. The molecule has 0 aromatic carbocycles. The van der Waals surface area contributed by atoms with Crippen LogP contribution >= 0.6 is 0 Å². The van der Waals surface area contributed by atoms with Gasteiger partial charge in [-0.3, -0.25) is 9.69 Å². The second kappa shape index (κ2) is 6.66. The third-order valence-electron chi connectivity index (χ3n) is 2.72. The van der Waals surface area contributed by atoms with Gasteiger partial charge in [0.1, 0.15) is 0 Å².